The van der Waals surface area contributed by atoms with E-state index in [4.69, 9.17) is 0 Å². The fourth-order valence-corrected chi connectivity index (χ4v) is 3.98. The Morgan fingerprint density at radius 1 is 0.828 bits per heavy atom. The zero-order chi connectivity index (χ0) is 20.3. The topological polar surface area (TPSA) is 46.2 Å². The summed E-state index contributed by atoms with van der Waals surface area (Å²) in [6.07, 6.45) is 3.18. The molecule has 3 heteroatoms. The van der Waals surface area contributed by atoms with Crippen molar-refractivity contribution in [3.63, 3.8) is 0 Å². The maximum atomic E-state index is 13.2. The van der Waals surface area contributed by atoms with E-state index in [2.05, 4.69) is 24.4 Å². The quantitative estimate of drug-likeness (QED) is 0.527. The van der Waals surface area contributed by atoms with Crippen LogP contribution in [0.1, 0.15) is 35.6 Å². The number of hydrogen-bond donors (Lipinski definition) is 1. The molecular formula is C26H23NO2. The normalized spacial score (nSPS) is 17.2. The molecular weight excluding hydrogens is 358 g/mol. The van der Waals surface area contributed by atoms with Crippen LogP contribution in [0.25, 0.3) is 6.08 Å². The van der Waals surface area contributed by atoms with Gasteiger partial charge in [-0.1, -0.05) is 91.9 Å². The van der Waals surface area contributed by atoms with Crippen LogP contribution in [0.3, 0.4) is 0 Å². The molecule has 0 aliphatic carbocycles. The highest BCUT2D eigenvalue weighted by Gasteiger charge is 2.47. The van der Waals surface area contributed by atoms with Gasteiger partial charge in [0.05, 0.1) is 0 Å². The summed E-state index contributed by atoms with van der Waals surface area (Å²) < 4.78 is 0. The summed E-state index contributed by atoms with van der Waals surface area (Å²) in [7, 11) is 0. The summed E-state index contributed by atoms with van der Waals surface area (Å²) in [5, 5.41) is 2.61. The van der Waals surface area contributed by atoms with Crippen molar-refractivity contribution in [3.8, 4) is 0 Å². The van der Waals surface area contributed by atoms with Gasteiger partial charge in [0.25, 0.3) is 5.91 Å². The molecule has 1 aliphatic heterocycles. The number of carbonyl (C=O) groups excluding carboxylic acids is 2. The predicted octanol–water partition coefficient (Wildman–Crippen LogP) is 4.67. The molecule has 1 aliphatic rings. The van der Waals surface area contributed by atoms with Gasteiger partial charge in [0.15, 0.2) is 0 Å². The second-order valence-corrected chi connectivity index (χ2v) is 7.36. The molecule has 3 aromatic carbocycles. The summed E-state index contributed by atoms with van der Waals surface area (Å²) >= 11 is 0. The van der Waals surface area contributed by atoms with Gasteiger partial charge in [-0.25, -0.2) is 0 Å². The highest BCUT2D eigenvalue weighted by Crippen LogP contribution is 2.41. The number of rotatable bonds is 4. The van der Waals surface area contributed by atoms with Gasteiger partial charge in [-0.15, -0.1) is 0 Å². The molecule has 1 saturated heterocycles. The largest absolute Gasteiger partial charge is 0.292 e. The van der Waals surface area contributed by atoms with Crippen LogP contribution in [0.4, 0.5) is 0 Å². The minimum Gasteiger partial charge on any atom is -0.292 e. The second kappa shape index (κ2) is 7.88. The molecule has 0 aromatic heterocycles. The van der Waals surface area contributed by atoms with Crippen molar-refractivity contribution in [1.82, 2.24) is 5.32 Å². The first-order chi connectivity index (χ1) is 14.1. The first-order valence-corrected chi connectivity index (χ1v) is 9.90. The Bertz CT molecular complexity index is 1010. The van der Waals surface area contributed by atoms with Crippen molar-refractivity contribution < 1.29 is 9.59 Å². The van der Waals surface area contributed by atoms with E-state index in [1.807, 2.05) is 78.9 Å². The third-order valence-corrected chi connectivity index (χ3v) is 5.62. The summed E-state index contributed by atoms with van der Waals surface area (Å²) in [5.74, 6) is -0.601. The fourth-order valence-electron chi connectivity index (χ4n) is 3.98. The minimum absolute atomic E-state index is 0.279. The Labute approximate surface area is 171 Å². The molecule has 0 radical (unpaired) electrons. The highest BCUT2D eigenvalue weighted by atomic mass is 16.2. The van der Waals surface area contributed by atoms with Crippen LogP contribution in [0.5, 0.6) is 0 Å². The van der Waals surface area contributed by atoms with E-state index in [-0.39, 0.29) is 11.8 Å². The summed E-state index contributed by atoms with van der Waals surface area (Å²) in [5.41, 5.74) is 3.62. The van der Waals surface area contributed by atoms with Gasteiger partial charge in [-0.2, -0.15) is 0 Å². The first-order valence-electron chi connectivity index (χ1n) is 9.90. The molecule has 144 valence electrons. The number of carbonyl (C=O) groups is 2. The third kappa shape index (κ3) is 3.52. The van der Waals surface area contributed by atoms with E-state index in [1.54, 1.807) is 0 Å². The number of benzene rings is 3. The standard InChI is InChI=1S/C26H23NO2/c1-2-19-13-15-20(16-14-19)17-21-18-26(25(29)27-24(21)28,22-9-5-3-6-10-22)23-11-7-4-8-12-23/h3-17H,2,18H2,1H3,(H,27,28,29)/b21-17+. The van der Waals surface area contributed by atoms with Crippen LogP contribution in [-0.2, 0) is 21.4 Å². The smallest absolute Gasteiger partial charge is 0.253 e. The molecule has 1 heterocycles. The molecule has 1 fully saturated rings. The Morgan fingerprint density at radius 2 is 1.38 bits per heavy atom. The van der Waals surface area contributed by atoms with Gasteiger partial charge in [0, 0.05) is 12.0 Å². The lowest BCUT2D eigenvalue weighted by molar-refractivity contribution is -0.133. The molecule has 0 saturated carbocycles. The third-order valence-electron chi connectivity index (χ3n) is 5.62. The van der Waals surface area contributed by atoms with Crippen molar-refractivity contribution in [2.24, 2.45) is 0 Å². The number of aryl methyl sites for hydroxylation is 1. The van der Waals surface area contributed by atoms with Gasteiger partial charge in [0.1, 0.15) is 5.41 Å². The molecule has 0 bridgehead atoms. The van der Waals surface area contributed by atoms with Crippen molar-refractivity contribution >= 4 is 17.9 Å². The minimum atomic E-state index is -0.939. The van der Waals surface area contributed by atoms with Crippen LogP contribution >= 0.6 is 0 Å². The van der Waals surface area contributed by atoms with Gasteiger partial charge < -0.3 is 0 Å². The average Bonchev–Trinajstić information content (AvgIpc) is 2.77. The molecule has 4 rings (SSSR count). The zero-order valence-corrected chi connectivity index (χ0v) is 16.4. The lowest BCUT2D eigenvalue weighted by atomic mass is 9.67. The van der Waals surface area contributed by atoms with E-state index in [1.165, 1.54) is 5.56 Å². The van der Waals surface area contributed by atoms with Gasteiger partial charge >= 0.3 is 0 Å². The van der Waals surface area contributed by atoms with Crippen molar-refractivity contribution in [1.29, 1.82) is 0 Å². The van der Waals surface area contributed by atoms with E-state index in [0.717, 1.165) is 23.1 Å². The van der Waals surface area contributed by atoms with E-state index in [0.29, 0.717) is 12.0 Å². The maximum Gasteiger partial charge on any atom is 0.253 e. The zero-order valence-electron chi connectivity index (χ0n) is 16.4. The monoisotopic (exact) mass is 381 g/mol. The van der Waals surface area contributed by atoms with Crippen LogP contribution in [0.2, 0.25) is 0 Å². The van der Waals surface area contributed by atoms with Crippen LogP contribution < -0.4 is 5.32 Å². The molecule has 3 aromatic rings. The number of imide groups is 1. The highest BCUT2D eigenvalue weighted by molar-refractivity contribution is 6.14. The lowest BCUT2D eigenvalue weighted by Gasteiger charge is -2.37. The fraction of sp³-hybridized carbons (Fsp3) is 0.154. The summed E-state index contributed by atoms with van der Waals surface area (Å²) in [6.45, 7) is 2.11. The summed E-state index contributed by atoms with van der Waals surface area (Å²) in [6, 6.07) is 27.6. The van der Waals surface area contributed by atoms with Gasteiger partial charge in [0.2, 0.25) is 5.91 Å². The van der Waals surface area contributed by atoms with Crippen molar-refractivity contribution in [2.75, 3.05) is 0 Å². The Balaban J connectivity index is 1.83. The molecule has 0 atom stereocenters. The van der Waals surface area contributed by atoms with E-state index < -0.39 is 5.41 Å². The Kier molecular flexibility index (Phi) is 5.13. The number of hydrogen-bond acceptors (Lipinski definition) is 2. The molecule has 2 amide bonds. The van der Waals surface area contributed by atoms with Gasteiger partial charge in [-0.3, -0.25) is 14.9 Å². The molecule has 29 heavy (non-hydrogen) atoms. The molecule has 0 unspecified atom stereocenters. The molecule has 3 nitrogen and oxygen atoms in total. The van der Waals surface area contributed by atoms with Crippen LogP contribution in [0, 0.1) is 0 Å². The first kappa shape index (κ1) is 18.9. The second-order valence-electron chi connectivity index (χ2n) is 7.36. The molecule has 1 N–H and O–H groups in total. The predicted molar refractivity (Wildman–Crippen MR) is 115 cm³/mol. The molecule has 0 spiro atoms. The average molecular weight is 381 g/mol. The van der Waals surface area contributed by atoms with Crippen molar-refractivity contribution in [2.45, 2.75) is 25.2 Å². The number of piperidine rings is 1. The Hall–Kier alpha value is -3.46. The van der Waals surface area contributed by atoms with Gasteiger partial charge in [-0.05, 0) is 34.8 Å². The summed E-state index contributed by atoms with van der Waals surface area (Å²) in [4.78, 5) is 25.9. The SMILES string of the molecule is CCc1ccc(/C=C2\CC(c3ccccc3)(c3ccccc3)C(=O)NC2=O)cc1. The van der Waals surface area contributed by atoms with E-state index in [9.17, 15) is 9.59 Å². The lowest BCUT2D eigenvalue weighted by Crippen LogP contribution is -2.53. The number of amides is 2. The van der Waals surface area contributed by atoms with Crippen LogP contribution in [-0.4, -0.2) is 11.8 Å². The van der Waals surface area contributed by atoms with Crippen LogP contribution in [0.15, 0.2) is 90.5 Å². The Morgan fingerprint density at radius 3 is 1.90 bits per heavy atom. The maximum absolute atomic E-state index is 13.2. The van der Waals surface area contributed by atoms with E-state index >= 15 is 0 Å². The number of nitrogens with one attached hydrogen (secondary N) is 1. The van der Waals surface area contributed by atoms with Crippen molar-refractivity contribution in [3.05, 3.63) is 113 Å².